The van der Waals surface area contributed by atoms with Crippen molar-refractivity contribution < 1.29 is 28.6 Å². The molecule has 0 aromatic heterocycles. The molecule has 0 saturated carbocycles. The van der Waals surface area contributed by atoms with Crippen LogP contribution in [0.15, 0.2) is 36.5 Å². The zero-order valence-electron chi connectivity index (χ0n) is 56.2. The summed E-state index contributed by atoms with van der Waals surface area (Å²) in [5.74, 6) is -0.859. The van der Waals surface area contributed by atoms with E-state index in [2.05, 4.69) is 57.2 Å². The fourth-order valence-electron chi connectivity index (χ4n) is 11.5. The van der Waals surface area contributed by atoms with Gasteiger partial charge in [-0.3, -0.25) is 14.4 Å². The lowest BCUT2D eigenvalue weighted by Crippen LogP contribution is -2.30. The Morgan fingerprint density at radius 2 is 0.434 bits per heavy atom. The monoisotopic (exact) mass is 1170 g/mol. The number of hydrogen-bond donors (Lipinski definition) is 0. The van der Waals surface area contributed by atoms with Gasteiger partial charge >= 0.3 is 17.9 Å². The summed E-state index contributed by atoms with van der Waals surface area (Å²) in [7, 11) is 0. The molecule has 0 spiro atoms. The maximum absolute atomic E-state index is 12.9. The van der Waals surface area contributed by atoms with Gasteiger partial charge < -0.3 is 14.2 Å². The van der Waals surface area contributed by atoms with E-state index in [0.29, 0.717) is 19.3 Å². The normalized spacial score (nSPS) is 12.2. The van der Waals surface area contributed by atoms with Gasteiger partial charge in [0.1, 0.15) is 13.2 Å². The van der Waals surface area contributed by atoms with E-state index in [1.807, 2.05) is 0 Å². The number of carbonyl (C=O) groups excluding carboxylic acids is 3. The Morgan fingerprint density at radius 1 is 0.241 bits per heavy atom. The van der Waals surface area contributed by atoms with Crippen LogP contribution in [0.5, 0.6) is 0 Å². The highest BCUT2D eigenvalue weighted by Gasteiger charge is 2.20. The number of rotatable bonds is 70. The minimum atomic E-state index is -0.777. The number of unbranched alkanes of at least 4 members (excludes halogenated alkanes) is 53. The minimum absolute atomic E-state index is 0.0720. The summed E-state index contributed by atoms with van der Waals surface area (Å²) in [5, 5.41) is 0. The van der Waals surface area contributed by atoms with E-state index in [0.717, 1.165) is 70.6 Å². The molecule has 6 heteroatoms. The third-order valence-electron chi connectivity index (χ3n) is 17.1. The van der Waals surface area contributed by atoms with Gasteiger partial charge in [0.25, 0.3) is 0 Å². The molecule has 0 rings (SSSR count). The summed E-state index contributed by atoms with van der Waals surface area (Å²) < 4.78 is 17.0. The van der Waals surface area contributed by atoms with Crippen LogP contribution in [0.1, 0.15) is 419 Å². The molecule has 6 nitrogen and oxygen atoms in total. The van der Waals surface area contributed by atoms with Gasteiger partial charge in [0.05, 0.1) is 0 Å². The Labute approximate surface area is 518 Å². The quantitative estimate of drug-likeness (QED) is 0.0261. The van der Waals surface area contributed by atoms with Gasteiger partial charge in [-0.15, -0.1) is 0 Å². The molecule has 0 fully saturated rings. The molecule has 488 valence electrons. The first-order valence-electron chi connectivity index (χ1n) is 37.5. The predicted molar refractivity (Wildman–Crippen MR) is 362 cm³/mol. The third kappa shape index (κ3) is 70.3. The molecular weight excluding hydrogens is 1020 g/mol. The van der Waals surface area contributed by atoms with Crippen molar-refractivity contribution in [2.75, 3.05) is 13.2 Å². The van der Waals surface area contributed by atoms with Gasteiger partial charge in [-0.1, -0.05) is 359 Å². The summed E-state index contributed by atoms with van der Waals surface area (Å²) >= 11 is 0. The van der Waals surface area contributed by atoms with Crippen molar-refractivity contribution in [3.8, 4) is 0 Å². The number of ether oxygens (including phenoxy) is 3. The van der Waals surface area contributed by atoms with Crippen LogP contribution < -0.4 is 0 Å². The minimum Gasteiger partial charge on any atom is -0.462 e. The summed E-state index contributed by atoms with van der Waals surface area (Å²) in [6, 6.07) is 0. The lowest BCUT2D eigenvalue weighted by molar-refractivity contribution is -0.167. The fraction of sp³-hybridized carbons (Fsp3) is 0.883. The van der Waals surface area contributed by atoms with Crippen LogP contribution in [-0.4, -0.2) is 37.2 Å². The highest BCUT2D eigenvalue weighted by molar-refractivity contribution is 5.71. The van der Waals surface area contributed by atoms with Crippen LogP contribution in [0.2, 0.25) is 0 Å². The molecule has 83 heavy (non-hydrogen) atoms. The molecule has 0 aromatic rings. The second-order valence-electron chi connectivity index (χ2n) is 25.6. The highest BCUT2D eigenvalue weighted by atomic mass is 16.6. The van der Waals surface area contributed by atoms with E-state index in [-0.39, 0.29) is 31.1 Å². The Bertz CT molecular complexity index is 1380. The highest BCUT2D eigenvalue weighted by Crippen LogP contribution is 2.19. The van der Waals surface area contributed by atoms with E-state index >= 15 is 0 Å². The molecule has 0 amide bonds. The van der Waals surface area contributed by atoms with Gasteiger partial charge in [0.15, 0.2) is 6.10 Å². The molecule has 1 unspecified atom stereocenters. The van der Waals surface area contributed by atoms with Crippen molar-refractivity contribution in [3.05, 3.63) is 36.5 Å². The first-order valence-corrected chi connectivity index (χ1v) is 37.5. The van der Waals surface area contributed by atoms with Crippen LogP contribution in [0.3, 0.4) is 0 Å². The van der Waals surface area contributed by atoms with Crippen LogP contribution in [-0.2, 0) is 28.6 Å². The maximum Gasteiger partial charge on any atom is 0.306 e. The van der Waals surface area contributed by atoms with E-state index in [1.54, 1.807) is 0 Å². The molecular formula is C77H144O6. The van der Waals surface area contributed by atoms with E-state index in [9.17, 15) is 14.4 Å². The Balaban J connectivity index is 4.07. The molecule has 0 aromatic carbocycles. The number of allylic oxidation sites excluding steroid dienone is 6. The van der Waals surface area contributed by atoms with Crippen LogP contribution in [0.25, 0.3) is 0 Å². The summed E-state index contributed by atoms with van der Waals surface area (Å²) in [6.07, 6.45) is 90.7. The first-order chi connectivity index (χ1) is 41.0. The van der Waals surface area contributed by atoms with Gasteiger partial charge in [-0.05, 0) is 77.0 Å². The Kier molecular flexibility index (Phi) is 70.0. The van der Waals surface area contributed by atoms with Crippen molar-refractivity contribution in [2.45, 2.75) is 425 Å². The second-order valence-corrected chi connectivity index (χ2v) is 25.6. The molecule has 0 aliphatic carbocycles. The third-order valence-corrected chi connectivity index (χ3v) is 17.1. The van der Waals surface area contributed by atoms with Crippen LogP contribution >= 0.6 is 0 Å². The van der Waals surface area contributed by atoms with Crippen molar-refractivity contribution in [1.82, 2.24) is 0 Å². The van der Waals surface area contributed by atoms with E-state index in [4.69, 9.17) is 14.2 Å². The predicted octanol–water partition coefficient (Wildman–Crippen LogP) is 25.9. The van der Waals surface area contributed by atoms with E-state index < -0.39 is 6.10 Å². The largest absolute Gasteiger partial charge is 0.462 e. The zero-order chi connectivity index (χ0) is 59.9. The average Bonchev–Trinajstić information content (AvgIpc) is 3.49. The van der Waals surface area contributed by atoms with Crippen LogP contribution in [0, 0.1) is 0 Å². The van der Waals surface area contributed by atoms with Gasteiger partial charge in [-0.25, -0.2) is 0 Å². The van der Waals surface area contributed by atoms with Crippen LogP contribution in [0.4, 0.5) is 0 Å². The summed E-state index contributed by atoms with van der Waals surface area (Å²) in [4.78, 5) is 38.4. The Hall–Kier alpha value is -2.37. The topological polar surface area (TPSA) is 78.9 Å². The van der Waals surface area contributed by atoms with Gasteiger partial charge in [0, 0.05) is 19.3 Å². The first kappa shape index (κ1) is 80.6. The van der Waals surface area contributed by atoms with Crippen molar-refractivity contribution in [2.24, 2.45) is 0 Å². The van der Waals surface area contributed by atoms with Gasteiger partial charge in [0.2, 0.25) is 0 Å². The molecule has 0 saturated heterocycles. The van der Waals surface area contributed by atoms with Crippen molar-refractivity contribution in [1.29, 1.82) is 0 Å². The molecule has 0 N–H and O–H groups in total. The van der Waals surface area contributed by atoms with E-state index in [1.165, 1.54) is 308 Å². The number of carbonyl (C=O) groups is 3. The lowest BCUT2D eigenvalue weighted by Gasteiger charge is -2.18. The smallest absolute Gasteiger partial charge is 0.306 e. The molecule has 1 atom stereocenters. The molecule has 0 bridgehead atoms. The number of esters is 3. The Morgan fingerprint density at radius 3 is 0.699 bits per heavy atom. The molecule has 0 heterocycles. The average molecular weight is 1170 g/mol. The number of hydrogen-bond acceptors (Lipinski definition) is 6. The summed E-state index contributed by atoms with van der Waals surface area (Å²) in [6.45, 7) is 6.65. The SMILES string of the molecule is CCCCC/C=C\C/C=C\CCCCCCCCCCCC(=O)OC(COC(=O)CCCCCCC/C=C\CCCCC)COC(=O)CCCCCCCCCCCCCCCCCCCCCCCCCCCCCCCCCCCC. The van der Waals surface area contributed by atoms with Crippen molar-refractivity contribution in [3.63, 3.8) is 0 Å². The molecule has 0 aliphatic heterocycles. The maximum atomic E-state index is 12.9. The lowest BCUT2D eigenvalue weighted by atomic mass is 10.0. The standard InChI is InChI=1S/C77H144O6/c1-4-7-10-13-16-19-22-25-27-29-31-32-33-34-35-36-37-38-39-40-41-42-43-44-45-47-48-50-52-55-58-61-64-67-70-76(79)82-73-74(72-81-75(78)69-66-63-60-57-54-24-21-18-15-12-9-6-3)83-77(80)71-68-65-62-59-56-53-51-49-46-30-28-26-23-20-17-14-11-8-5-2/h17-18,20-21,26,28,74H,4-16,19,22-25,27,29-73H2,1-3H3/b20-17-,21-18-,28-26-. The van der Waals surface area contributed by atoms with Crippen molar-refractivity contribution >= 4 is 17.9 Å². The molecule has 0 aliphatic rings. The second kappa shape index (κ2) is 72.1. The van der Waals surface area contributed by atoms with Gasteiger partial charge in [-0.2, -0.15) is 0 Å². The fourth-order valence-corrected chi connectivity index (χ4v) is 11.5. The zero-order valence-corrected chi connectivity index (χ0v) is 56.2. The molecule has 0 radical (unpaired) electrons. The summed E-state index contributed by atoms with van der Waals surface area (Å²) in [5.41, 5.74) is 0.